The van der Waals surface area contributed by atoms with E-state index in [9.17, 15) is 9.59 Å². The fourth-order valence-electron chi connectivity index (χ4n) is 0.804. The van der Waals surface area contributed by atoms with Crippen molar-refractivity contribution in [3.05, 3.63) is 61.2 Å². The molecule has 0 aliphatic heterocycles. The molecule has 0 N–H and O–H groups in total. The summed E-state index contributed by atoms with van der Waals surface area (Å²) in [5.41, 5.74) is 0.692. The van der Waals surface area contributed by atoms with E-state index in [2.05, 4.69) is 17.9 Å². The lowest BCUT2D eigenvalue weighted by Gasteiger charge is -1.90. The zero-order valence-electron chi connectivity index (χ0n) is 9.18. The molecule has 0 unspecified atom stereocenters. The lowest BCUT2D eigenvalue weighted by molar-refractivity contribution is -0.134. The average Bonchev–Trinajstić information content (AvgIpc) is 2.38. The maximum absolute atomic E-state index is 10.9. The standard InChI is InChI=1S/C9H8O.C4H6O2/c1-2-9(10)8-6-4-3-5-7-8;1-3-4(5)6-2/h2-7H,1H2;3H,1H2,2H3. The maximum Gasteiger partial charge on any atom is 0.329 e. The van der Waals surface area contributed by atoms with Gasteiger partial charge in [0.2, 0.25) is 0 Å². The third kappa shape index (κ3) is 5.54. The van der Waals surface area contributed by atoms with Gasteiger partial charge in [0.05, 0.1) is 7.11 Å². The summed E-state index contributed by atoms with van der Waals surface area (Å²) in [5, 5.41) is 0. The molecule has 0 atom stereocenters. The van der Waals surface area contributed by atoms with Gasteiger partial charge in [-0.15, -0.1) is 0 Å². The summed E-state index contributed by atoms with van der Waals surface area (Å²) < 4.78 is 4.14. The molecule has 16 heavy (non-hydrogen) atoms. The first-order valence-electron chi connectivity index (χ1n) is 4.58. The minimum Gasteiger partial charge on any atom is -0.466 e. The number of methoxy groups -OCH3 is 1. The summed E-state index contributed by atoms with van der Waals surface area (Å²) in [6, 6.07) is 9.07. The fourth-order valence-corrected chi connectivity index (χ4v) is 0.804. The number of allylic oxidation sites excluding steroid dienone is 1. The highest BCUT2D eigenvalue weighted by atomic mass is 16.5. The van der Waals surface area contributed by atoms with Crippen LogP contribution in [0.2, 0.25) is 0 Å². The fraction of sp³-hybridized carbons (Fsp3) is 0.0769. The molecule has 0 spiro atoms. The van der Waals surface area contributed by atoms with E-state index in [-0.39, 0.29) is 5.78 Å². The van der Waals surface area contributed by atoms with Gasteiger partial charge >= 0.3 is 5.97 Å². The molecule has 0 fully saturated rings. The molecule has 3 nitrogen and oxygen atoms in total. The Balaban J connectivity index is 0.000000325. The molecule has 0 heterocycles. The van der Waals surface area contributed by atoms with E-state index >= 15 is 0 Å². The molecule has 0 saturated carbocycles. The Labute approximate surface area is 95.0 Å². The number of hydrogen-bond donors (Lipinski definition) is 0. The van der Waals surface area contributed by atoms with Gasteiger partial charge in [-0.2, -0.15) is 0 Å². The number of benzene rings is 1. The van der Waals surface area contributed by atoms with E-state index < -0.39 is 5.97 Å². The molecule has 3 heteroatoms. The normalized spacial score (nSPS) is 8.06. The van der Waals surface area contributed by atoms with Crippen LogP contribution in [0.5, 0.6) is 0 Å². The second kappa shape index (κ2) is 8.17. The monoisotopic (exact) mass is 218 g/mol. The van der Waals surface area contributed by atoms with Crippen molar-refractivity contribution >= 4 is 11.8 Å². The Bertz CT molecular complexity index is 366. The van der Waals surface area contributed by atoms with E-state index in [1.54, 1.807) is 12.1 Å². The highest BCUT2D eigenvalue weighted by molar-refractivity contribution is 6.04. The highest BCUT2D eigenvalue weighted by Gasteiger charge is 1.95. The molecule has 1 aromatic carbocycles. The molecule has 0 aliphatic rings. The van der Waals surface area contributed by atoms with E-state index in [0.29, 0.717) is 5.56 Å². The number of carbonyl (C=O) groups excluding carboxylic acids is 2. The molecule has 0 aromatic heterocycles. The van der Waals surface area contributed by atoms with Crippen LogP contribution in [0.1, 0.15) is 10.4 Å². The second-order valence-corrected chi connectivity index (χ2v) is 2.66. The lowest BCUT2D eigenvalue weighted by Crippen LogP contribution is -1.91. The van der Waals surface area contributed by atoms with E-state index in [1.807, 2.05) is 18.2 Å². The van der Waals surface area contributed by atoms with E-state index in [0.717, 1.165) is 6.08 Å². The van der Waals surface area contributed by atoms with Crippen molar-refractivity contribution in [3.8, 4) is 0 Å². The van der Waals surface area contributed by atoms with Gasteiger partial charge in [-0.05, 0) is 6.08 Å². The van der Waals surface area contributed by atoms with Crippen molar-refractivity contribution in [2.45, 2.75) is 0 Å². The number of ketones is 1. The topological polar surface area (TPSA) is 43.4 Å². The Morgan fingerprint density at radius 3 is 2.00 bits per heavy atom. The molecule has 0 aliphatic carbocycles. The van der Waals surface area contributed by atoms with Gasteiger partial charge in [0.25, 0.3) is 0 Å². The predicted octanol–water partition coefficient (Wildman–Crippen LogP) is 2.40. The molecule has 0 radical (unpaired) electrons. The smallest absolute Gasteiger partial charge is 0.329 e. The van der Waals surface area contributed by atoms with E-state index in [4.69, 9.17) is 0 Å². The van der Waals surface area contributed by atoms with Gasteiger partial charge < -0.3 is 4.74 Å². The van der Waals surface area contributed by atoms with Gasteiger partial charge in [-0.25, -0.2) is 4.79 Å². The molecule has 1 rings (SSSR count). The third-order valence-corrected chi connectivity index (χ3v) is 1.61. The van der Waals surface area contributed by atoms with Crippen LogP contribution >= 0.6 is 0 Å². The van der Waals surface area contributed by atoms with Gasteiger partial charge in [0.1, 0.15) is 0 Å². The lowest BCUT2D eigenvalue weighted by atomic mass is 10.1. The molecule has 0 bridgehead atoms. The van der Waals surface area contributed by atoms with Crippen LogP contribution in [-0.4, -0.2) is 18.9 Å². The van der Waals surface area contributed by atoms with Crippen molar-refractivity contribution in [2.75, 3.05) is 7.11 Å². The first-order chi connectivity index (χ1) is 7.65. The molecule has 0 amide bonds. The van der Waals surface area contributed by atoms with Crippen LogP contribution in [0.15, 0.2) is 55.6 Å². The minimum absolute atomic E-state index is 0.0272. The summed E-state index contributed by atoms with van der Waals surface area (Å²) >= 11 is 0. The molecule has 84 valence electrons. The average molecular weight is 218 g/mol. The number of rotatable bonds is 3. The van der Waals surface area contributed by atoms with Gasteiger partial charge in [0.15, 0.2) is 5.78 Å². The Morgan fingerprint density at radius 2 is 1.69 bits per heavy atom. The zero-order chi connectivity index (χ0) is 12.4. The predicted molar refractivity (Wildman–Crippen MR) is 63.2 cm³/mol. The second-order valence-electron chi connectivity index (χ2n) is 2.66. The summed E-state index contributed by atoms with van der Waals surface area (Å²) in [4.78, 5) is 20.7. The Hall–Kier alpha value is -2.16. The number of ether oxygens (including phenoxy) is 1. The number of carbonyl (C=O) groups is 2. The quantitative estimate of drug-likeness (QED) is 0.444. The molecule has 0 saturated heterocycles. The minimum atomic E-state index is -0.394. The summed E-state index contributed by atoms with van der Waals surface area (Å²) in [7, 11) is 1.31. The van der Waals surface area contributed by atoms with Gasteiger partial charge in [-0.1, -0.05) is 43.5 Å². The molecule has 1 aromatic rings. The zero-order valence-corrected chi connectivity index (χ0v) is 9.18. The summed E-state index contributed by atoms with van der Waals surface area (Å²) in [6.07, 6.45) is 2.43. The summed E-state index contributed by atoms with van der Waals surface area (Å²) in [6.45, 7) is 6.54. The Kier molecular flexibility index (Phi) is 7.07. The maximum atomic E-state index is 10.9. The van der Waals surface area contributed by atoms with E-state index in [1.165, 1.54) is 13.2 Å². The Morgan fingerprint density at radius 1 is 1.12 bits per heavy atom. The van der Waals surface area contributed by atoms with Gasteiger partial charge in [0, 0.05) is 11.6 Å². The van der Waals surface area contributed by atoms with Crippen molar-refractivity contribution < 1.29 is 14.3 Å². The first-order valence-corrected chi connectivity index (χ1v) is 4.58. The van der Waals surface area contributed by atoms with Crippen molar-refractivity contribution in [2.24, 2.45) is 0 Å². The van der Waals surface area contributed by atoms with Crippen LogP contribution in [0.3, 0.4) is 0 Å². The van der Waals surface area contributed by atoms with Crippen molar-refractivity contribution in [1.29, 1.82) is 0 Å². The van der Waals surface area contributed by atoms with Crippen molar-refractivity contribution in [1.82, 2.24) is 0 Å². The van der Waals surface area contributed by atoms with Crippen LogP contribution in [0.4, 0.5) is 0 Å². The largest absolute Gasteiger partial charge is 0.466 e. The SMILES string of the molecule is C=CC(=O)OC.C=CC(=O)c1ccccc1. The number of esters is 1. The number of hydrogen-bond acceptors (Lipinski definition) is 3. The van der Waals surface area contributed by atoms with Crippen LogP contribution in [0.25, 0.3) is 0 Å². The summed E-state index contributed by atoms with van der Waals surface area (Å²) in [5.74, 6) is -0.421. The van der Waals surface area contributed by atoms with Crippen LogP contribution in [-0.2, 0) is 9.53 Å². The highest BCUT2D eigenvalue weighted by Crippen LogP contribution is 1.99. The molecular weight excluding hydrogens is 204 g/mol. The van der Waals surface area contributed by atoms with Crippen molar-refractivity contribution in [3.63, 3.8) is 0 Å². The third-order valence-electron chi connectivity index (χ3n) is 1.61. The molecular formula is C13H14O3. The first kappa shape index (κ1) is 13.8. The van der Waals surface area contributed by atoms with Crippen LogP contribution in [0, 0.1) is 0 Å². The van der Waals surface area contributed by atoms with Gasteiger partial charge in [-0.3, -0.25) is 4.79 Å². The van der Waals surface area contributed by atoms with Crippen LogP contribution < -0.4 is 0 Å².